The van der Waals surface area contributed by atoms with E-state index in [4.69, 9.17) is 16.4 Å². The molecule has 5 rings (SSSR count). The van der Waals surface area contributed by atoms with Crippen molar-refractivity contribution in [1.82, 2.24) is 20.1 Å². The van der Waals surface area contributed by atoms with Gasteiger partial charge in [0.25, 0.3) is 11.8 Å². The van der Waals surface area contributed by atoms with E-state index in [2.05, 4.69) is 15.2 Å². The molecule has 0 radical (unpaired) electrons. The quantitative estimate of drug-likeness (QED) is 0.314. The monoisotopic (exact) mass is 612 g/mol. The lowest BCUT2D eigenvalue weighted by Gasteiger charge is -2.49. The van der Waals surface area contributed by atoms with Crippen molar-refractivity contribution in [3.63, 3.8) is 0 Å². The van der Waals surface area contributed by atoms with Crippen LogP contribution in [0.15, 0.2) is 66.9 Å². The zero-order chi connectivity index (χ0) is 29.9. The minimum atomic E-state index is -3.56. The van der Waals surface area contributed by atoms with Gasteiger partial charge in [-0.15, -0.1) is 0 Å². The van der Waals surface area contributed by atoms with Crippen molar-refractivity contribution >= 4 is 33.4 Å². The standard InChI is InChI=1S/C30H33ClN4O6S/c1-42(39,40)34-25-8-4-5-9-26(25)35-28(20-11-13-21(31)14-12-20)27(23-6-2-3-7-24(23)30(35)38)29(37)33-41-18-22-15-10-19(17-36)16-32-22/h2-3,6-7,10-16,25-28,34,36H,4-5,8-9,17-18H2,1H3,(H,33,37)/t25-,26?,27+,28-/m0/s1. The molecule has 4 atom stereocenters. The zero-order valence-corrected chi connectivity index (χ0v) is 24.6. The van der Waals surface area contributed by atoms with E-state index in [-0.39, 0.29) is 19.1 Å². The summed E-state index contributed by atoms with van der Waals surface area (Å²) in [6.45, 7) is -0.141. The van der Waals surface area contributed by atoms with E-state index >= 15 is 0 Å². The predicted molar refractivity (Wildman–Crippen MR) is 157 cm³/mol. The molecule has 3 N–H and O–H groups in total. The average Bonchev–Trinajstić information content (AvgIpc) is 2.97. The Balaban J connectivity index is 1.53. The Morgan fingerprint density at radius 1 is 1.10 bits per heavy atom. The molecule has 2 heterocycles. The molecule has 2 aromatic carbocycles. The number of rotatable bonds is 9. The number of carbonyl (C=O) groups excluding carboxylic acids is 2. The SMILES string of the molecule is CS(=O)(=O)N[C@H]1CCCCC1N1C(=O)c2ccccc2[C@@H](C(=O)NOCc2ccc(CO)cn2)[C@@H]1c1ccc(Cl)cc1. The Labute approximate surface area is 250 Å². The molecule has 12 heteroatoms. The first kappa shape index (κ1) is 30.1. The summed E-state index contributed by atoms with van der Waals surface area (Å²) in [7, 11) is -3.56. The number of carbonyl (C=O) groups is 2. The second-order valence-electron chi connectivity index (χ2n) is 10.7. The van der Waals surface area contributed by atoms with E-state index in [1.807, 2.05) is 0 Å². The van der Waals surface area contributed by atoms with Gasteiger partial charge in [0.2, 0.25) is 10.0 Å². The van der Waals surface area contributed by atoms with Gasteiger partial charge in [-0.3, -0.25) is 19.4 Å². The number of aliphatic hydroxyl groups is 1. The van der Waals surface area contributed by atoms with Crippen molar-refractivity contribution in [2.24, 2.45) is 0 Å². The molecule has 0 saturated heterocycles. The number of halogens is 1. The summed E-state index contributed by atoms with van der Waals surface area (Å²) < 4.78 is 27.4. The largest absolute Gasteiger partial charge is 0.392 e. The molecule has 0 bridgehead atoms. The molecule has 10 nitrogen and oxygen atoms in total. The number of nitrogens with one attached hydrogen (secondary N) is 2. The topological polar surface area (TPSA) is 138 Å². The second kappa shape index (κ2) is 12.9. The number of aliphatic hydroxyl groups excluding tert-OH is 1. The summed E-state index contributed by atoms with van der Waals surface area (Å²) >= 11 is 6.21. The van der Waals surface area contributed by atoms with Crippen LogP contribution in [-0.4, -0.2) is 53.6 Å². The number of benzene rings is 2. The Morgan fingerprint density at radius 3 is 2.52 bits per heavy atom. The van der Waals surface area contributed by atoms with Crippen molar-refractivity contribution < 1.29 is 28.0 Å². The molecule has 2 amide bonds. The van der Waals surface area contributed by atoms with Gasteiger partial charge >= 0.3 is 0 Å². The van der Waals surface area contributed by atoms with Crippen LogP contribution in [0.3, 0.4) is 0 Å². The molecule has 1 aromatic heterocycles. The first-order valence-electron chi connectivity index (χ1n) is 13.8. The third kappa shape index (κ3) is 6.66. The molecule has 0 spiro atoms. The lowest BCUT2D eigenvalue weighted by Crippen LogP contribution is -2.59. The maximum absolute atomic E-state index is 14.2. The highest BCUT2D eigenvalue weighted by atomic mass is 35.5. The zero-order valence-electron chi connectivity index (χ0n) is 23.1. The summed E-state index contributed by atoms with van der Waals surface area (Å²) in [6, 6.07) is 15.6. The molecule has 1 aliphatic heterocycles. The first-order valence-corrected chi connectivity index (χ1v) is 16.0. The number of fused-ring (bicyclic) bond motifs is 1. The molecule has 42 heavy (non-hydrogen) atoms. The fraction of sp³-hybridized carbons (Fsp3) is 0.367. The minimum Gasteiger partial charge on any atom is -0.392 e. The second-order valence-corrected chi connectivity index (χ2v) is 12.9. The van der Waals surface area contributed by atoms with E-state index in [9.17, 15) is 23.1 Å². The van der Waals surface area contributed by atoms with Crippen LogP contribution in [0.2, 0.25) is 5.02 Å². The van der Waals surface area contributed by atoms with Crippen LogP contribution in [0.1, 0.15) is 70.4 Å². The molecule has 1 aliphatic carbocycles. The maximum atomic E-state index is 14.2. The summed E-state index contributed by atoms with van der Waals surface area (Å²) in [5.41, 5.74) is 5.40. The van der Waals surface area contributed by atoms with Crippen LogP contribution in [0.5, 0.6) is 0 Å². The molecular formula is C30H33ClN4O6S. The number of nitrogens with zero attached hydrogens (tertiary/aromatic N) is 2. The van der Waals surface area contributed by atoms with Crippen LogP contribution in [0.25, 0.3) is 0 Å². The smallest absolute Gasteiger partial charge is 0.255 e. The van der Waals surface area contributed by atoms with Gasteiger partial charge in [0.15, 0.2) is 0 Å². The highest BCUT2D eigenvalue weighted by Gasteiger charge is 2.49. The van der Waals surface area contributed by atoms with Crippen molar-refractivity contribution in [2.45, 2.75) is 62.9 Å². The number of hydrogen-bond donors (Lipinski definition) is 3. The third-order valence-corrected chi connectivity index (χ3v) is 8.77. The highest BCUT2D eigenvalue weighted by molar-refractivity contribution is 7.88. The summed E-state index contributed by atoms with van der Waals surface area (Å²) in [6.07, 6.45) is 5.42. The van der Waals surface area contributed by atoms with E-state index in [0.717, 1.165) is 19.1 Å². The fourth-order valence-corrected chi connectivity index (χ4v) is 6.90. The van der Waals surface area contributed by atoms with Crippen LogP contribution >= 0.6 is 11.6 Å². The van der Waals surface area contributed by atoms with E-state index in [0.29, 0.717) is 45.8 Å². The third-order valence-electron chi connectivity index (χ3n) is 7.78. The first-order chi connectivity index (χ1) is 20.2. The summed E-state index contributed by atoms with van der Waals surface area (Å²) in [5.74, 6) is -1.60. The summed E-state index contributed by atoms with van der Waals surface area (Å²) in [5, 5.41) is 9.75. The number of hydrogen-bond acceptors (Lipinski definition) is 7. The maximum Gasteiger partial charge on any atom is 0.255 e. The average molecular weight is 613 g/mol. The van der Waals surface area contributed by atoms with Gasteiger partial charge in [0.1, 0.15) is 6.61 Å². The number of aromatic nitrogens is 1. The van der Waals surface area contributed by atoms with E-state index in [1.165, 1.54) is 6.20 Å². The molecule has 1 fully saturated rings. The molecule has 3 aromatic rings. The van der Waals surface area contributed by atoms with Crippen molar-refractivity contribution in [3.8, 4) is 0 Å². The molecule has 2 aliphatic rings. The van der Waals surface area contributed by atoms with Gasteiger partial charge in [0.05, 0.1) is 30.5 Å². The van der Waals surface area contributed by atoms with Crippen molar-refractivity contribution in [1.29, 1.82) is 0 Å². The van der Waals surface area contributed by atoms with Gasteiger partial charge in [-0.1, -0.05) is 60.8 Å². The number of pyridine rings is 1. The fourth-order valence-electron chi connectivity index (χ4n) is 5.95. The molecule has 1 unspecified atom stereocenters. The van der Waals surface area contributed by atoms with Crippen LogP contribution < -0.4 is 10.2 Å². The number of sulfonamides is 1. The predicted octanol–water partition coefficient (Wildman–Crippen LogP) is 3.62. The van der Waals surface area contributed by atoms with Crippen molar-refractivity contribution in [2.75, 3.05) is 6.26 Å². The Hall–Kier alpha value is -3.35. The van der Waals surface area contributed by atoms with Gasteiger partial charge in [-0.25, -0.2) is 18.6 Å². The van der Waals surface area contributed by atoms with Crippen LogP contribution in [0.4, 0.5) is 0 Å². The molecule has 222 valence electrons. The molecular weight excluding hydrogens is 580 g/mol. The Kier molecular flexibility index (Phi) is 9.24. The van der Waals surface area contributed by atoms with Gasteiger partial charge in [-0.2, -0.15) is 0 Å². The lowest BCUT2D eigenvalue weighted by molar-refractivity contribution is -0.138. The number of amides is 2. The van der Waals surface area contributed by atoms with Gasteiger partial charge in [0, 0.05) is 28.9 Å². The van der Waals surface area contributed by atoms with Gasteiger partial charge in [-0.05, 0) is 53.8 Å². The van der Waals surface area contributed by atoms with E-state index < -0.39 is 40.0 Å². The van der Waals surface area contributed by atoms with Crippen LogP contribution in [-0.2, 0) is 32.9 Å². The highest BCUT2D eigenvalue weighted by Crippen LogP contribution is 2.46. The molecule has 1 saturated carbocycles. The Bertz CT molecular complexity index is 1530. The summed E-state index contributed by atoms with van der Waals surface area (Å²) in [4.78, 5) is 39.7. The Morgan fingerprint density at radius 2 is 1.83 bits per heavy atom. The van der Waals surface area contributed by atoms with Crippen molar-refractivity contribution in [3.05, 3.63) is 99.8 Å². The van der Waals surface area contributed by atoms with Crippen LogP contribution in [0, 0.1) is 0 Å². The van der Waals surface area contributed by atoms with E-state index in [1.54, 1.807) is 65.6 Å². The number of hydroxylamine groups is 1. The lowest BCUT2D eigenvalue weighted by atomic mass is 9.76. The minimum absolute atomic E-state index is 0.0109. The van der Waals surface area contributed by atoms with Gasteiger partial charge < -0.3 is 10.0 Å². The normalized spacial score (nSPS) is 22.5.